The Morgan fingerprint density at radius 3 is 2.50 bits per heavy atom. The zero-order chi connectivity index (χ0) is 11.6. The molecule has 92 valence electrons. The summed E-state index contributed by atoms with van der Waals surface area (Å²) in [6.07, 6.45) is 4.73. The number of carboxylic acids is 1. The molecular formula is C12H21NO3. The van der Waals surface area contributed by atoms with Gasteiger partial charge in [0.25, 0.3) is 0 Å². The number of carboxylic acid groups (broad SMARTS) is 1. The number of hydrogen-bond donors (Lipinski definition) is 1. The summed E-state index contributed by atoms with van der Waals surface area (Å²) in [5, 5.41) is 9.31. The van der Waals surface area contributed by atoms with Gasteiger partial charge in [0.05, 0.1) is 0 Å². The van der Waals surface area contributed by atoms with E-state index in [1.54, 1.807) is 0 Å². The number of likely N-dealkylation sites (tertiary alicyclic amines) is 1. The number of piperidine rings is 1. The minimum absolute atomic E-state index is 0.551. The van der Waals surface area contributed by atoms with Crippen molar-refractivity contribution in [2.45, 2.75) is 50.7 Å². The summed E-state index contributed by atoms with van der Waals surface area (Å²) in [6.45, 7) is 4.31. The van der Waals surface area contributed by atoms with Crippen LogP contribution < -0.4 is 0 Å². The van der Waals surface area contributed by atoms with Gasteiger partial charge < -0.3 is 14.7 Å². The molecular weight excluding hydrogens is 206 g/mol. The number of hydrogen-bond acceptors (Lipinski definition) is 3. The van der Waals surface area contributed by atoms with Crippen molar-refractivity contribution in [3.05, 3.63) is 0 Å². The van der Waals surface area contributed by atoms with Crippen LogP contribution in [0.3, 0.4) is 0 Å². The van der Waals surface area contributed by atoms with Crippen molar-refractivity contribution in [1.29, 1.82) is 0 Å². The van der Waals surface area contributed by atoms with Gasteiger partial charge in [0.2, 0.25) is 0 Å². The monoisotopic (exact) mass is 227 g/mol. The lowest BCUT2D eigenvalue weighted by molar-refractivity contribution is -0.173. The molecule has 1 aliphatic heterocycles. The summed E-state index contributed by atoms with van der Waals surface area (Å²) in [7, 11) is 0. The van der Waals surface area contributed by atoms with E-state index in [4.69, 9.17) is 4.74 Å². The minimum atomic E-state index is -0.901. The Hall–Kier alpha value is -0.610. The second kappa shape index (κ2) is 4.72. The molecule has 16 heavy (non-hydrogen) atoms. The molecule has 0 aromatic heterocycles. The first-order valence-corrected chi connectivity index (χ1v) is 6.29. The molecule has 0 atom stereocenters. The van der Waals surface area contributed by atoms with Gasteiger partial charge in [-0.3, -0.25) is 0 Å². The molecule has 4 heteroatoms. The molecule has 0 unspecified atom stereocenters. The Morgan fingerprint density at radius 1 is 1.44 bits per heavy atom. The molecule has 0 radical (unpaired) electrons. The zero-order valence-electron chi connectivity index (χ0n) is 9.95. The maximum absolute atomic E-state index is 11.3. The van der Waals surface area contributed by atoms with Crippen molar-refractivity contribution in [3.63, 3.8) is 0 Å². The van der Waals surface area contributed by atoms with Crippen LogP contribution in [0.25, 0.3) is 0 Å². The highest BCUT2D eigenvalue weighted by molar-refractivity contribution is 5.77. The van der Waals surface area contributed by atoms with Crippen LogP contribution in [0, 0.1) is 0 Å². The number of ether oxygens (including phenoxy) is 1. The van der Waals surface area contributed by atoms with Crippen molar-refractivity contribution in [1.82, 2.24) is 4.90 Å². The highest BCUT2D eigenvalue weighted by atomic mass is 16.5. The molecule has 0 amide bonds. The summed E-state index contributed by atoms with van der Waals surface area (Å²) in [6, 6.07) is 0.734. The minimum Gasteiger partial charge on any atom is -0.479 e. The van der Waals surface area contributed by atoms with Gasteiger partial charge in [0.15, 0.2) is 5.60 Å². The molecule has 1 N–H and O–H groups in total. The third kappa shape index (κ3) is 2.38. The number of nitrogens with zero attached hydrogens (tertiary/aromatic N) is 1. The van der Waals surface area contributed by atoms with Gasteiger partial charge in [-0.2, -0.15) is 0 Å². The quantitative estimate of drug-likeness (QED) is 0.773. The summed E-state index contributed by atoms with van der Waals surface area (Å²) in [5.74, 6) is -0.781. The van der Waals surface area contributed by atoms with E-state index >= 15 is 0 Å². The Morgan fingerprint density at radius 2 is 2.06 bits per heavy atom. The molecule has 0 aromatic rings. The maximum atomic E-state index is 11.3. The number of carbonyl (C=O) groups is 1. The van der Waals surface area contributed by atoms with Gasteiger partial charge >= 0.3 is 5.97 Å². The average molecular weight is 227 g/mol. The van der Waals surface area contributed by atoms with E-state index in [9.17, 15) is 9.90 Å². The summed E-state index contributed by atoms with van der Waals surface area (Å²) in [5.41, 5.74) is -0.901. The molecule has 1 saturated carbocycles. The molecule has 4 nitrogen and oxygen atoms in total. The molecule has 2 aliphatic rings. The fourth-order valence-corrected chi connectivity index (χ4v) is 2.41. The molecule has 1 heterocycles. The summed E-state index contributed by atoms with van der Waals surface area (Å²) in [4.78, 5) is 13.7. The molecule has 0 aromatic carbocycles. The van der Waals surface area contributed by atoms with Crippen LogP contribution in [0.15, 0.2) is 0 Å². The van der Waals surface area contributed by atoms with Gasteiger partial charge in [-0.05, 0) is 32.1 Å². The first kappa shape index (κ1) is 11.9. The third-order valence-electron chi connectivity index (χ3n) is 3.64. The van der Waals surface area contributed by atoms with E-state index < -0.39 is 11.6 Å². The maximum Gasteiger partial charge on any atom is 0.336 e. The first-order valence-electron chi connectivity index (χ1n) is 6.29. The summed E-state index contributed by atoms with van der Waals surface area (Å²) >= 11 is 0. The molecule has 0 bridgehead atoms. The normalized spacial score (nSPS) is 25.6. The average Bonchev–Trinajstić information content (AvgIpc) is 3.11. The lowest BCUT2D eigenvalue weighted by Crippen LogP contribution is -2.51. The van der Waals surface area contributed by atoms with Gasteiger partial charge in [0, 0.05) is 25.7 Å². The fourth-order valence-electron chi connectivity index (χ4n) is 2.41. The number of aliphatic carboxylic acids is 1. The van der Waals surface area contributed by atoms with Crippen LogP contribution in [-0.4, -0.2) is 47.3 Å². The molecule has 1 saturated heterocycles. The summed E-state index contributed by atoms with van der Waals surface area (Å²) < 4.78 is 5.60. The fraction of sp³-hybridized carbons (Fsp3) is 0.917. The van der Waals surface area contributed by atoms with Crippen molar-refractivity contribution < 1.29 is 14.6 Å². The molecule has 0 spiro atoms. The Balaban J connectivity index is 1.91. The van der Waals surface area contributed by atoms with E-state index in [0.29, 0.717) is 19.4 Å². The SMILES string of the molecule is CCCOC1(C(=O)O)CCN(C2CC2)CC1. The van der Waals surface area contributed by atoms with E-state index in [-0.39, 0.29) is 0 Å². The van der Waals surface area contributed by atoms with Crippen LogP contribution in [0.4, 0.5) is 0 Å². The predicted molar refractivity (Wildman–Crippen MR) is 60.4 cm³/mol. The Bertz CT molecular complexity index is 255. The number of rotatable bonds is 5. The van der Waals surface area contributed by atoms with Gasteiger partial charge in [-0.1, -0.05) is 6.92 Å². The zero-order valence-corrected chi connectivity index (χ0v) is 9.95. The molecule has 2 fully saturated rings. The van der Waals surface area contributed by atoms with E-state index in [0.717, 1.165) is 25.6 Å². The van der Waals surface area contributed by atoms with Gasteiger partial charge in [0.1, 0.15) is 0 Å². The Kier molecular flexibility index (Phi) is 3.50. The highest BCUT2D eigenvalue weighted by Gasteiger charge is 2.44. The molecule has 2 rings (SSSR count). The predicted octanol–water partition coefficient (Wildman–Crippen LogP) is 1.49. The standard InChI is InChI=1S/C12H21NO3/c1-2-9-16-12(11(14)15)5-7-13(8-6-12)10-3-4-10/h10H,2-9H2,1H3,(H,14,15). The second-order valence-corrected chi connectivity index (χ2v) is 4.92. The van der Waals surface area contributed by atoms with E-state index in [1.165, 1.54) is 12.8 Å². The Labute approximate surface area is 96.6 Å². The van der Waals surface area contributed by atoms with Crippen LogP contribution >= 0.6 is 0 Å². The van der Waals surface area contributed by atoms with Crippen LogP contribution in [0.1, 0.15) is 39.0 Å². The van der Waals surface area contributed by atoms with E-state index in [2.05, 4.69) is 4.90 Å². The van der Waals surface area contributed by atoms with Crippen molar-refractivity contribution in [3.8, 4) is 0 Å². The van der Waals surface area contributed by atoms with Gasteiger partial charge in [-0.25, -0.2) is 4.79 Å². The lowest BCUT2D eigenvalue weighted by Gasteiger charge is -2.38. The lowest BCUT2D eigenvalue weighted by atomic mass is 9.91. The topological polar surface area (TPSA) is 49.8 Å². The van der Waals surface area contributed by atoms with Crippen LogP contribution in [0.2, 0.25) is 0 Å². The van der Waals surface area contributed by atoms with E-state index in [1.807, 2.05) is 6.92 Å². The van der Waals surface area contributed by atoms with Crippen LogP contribution in [-0.2, 0) is 9.53 Å². The van der Waals surface area contributed by atoms with Crippen molar-refractivity contribution >= 4 is 5.97 Å². The van der Waals surface area contributed by atoms with Crippen LogP contribution in [0.5, 0.6) is 0 Å². The highest BCUT2D eigenvalue weighted by Crippen LogP contribution is 2.34. The third-order valence-corrected chi connectivity index (χ3v) is 3.64. The largest absolute Gasteiger partial charge is 0.479 e. The van der Waals surface area contributed by atoms with Crippen molar-refractivity contribution in [2.75, 3.05) is 19.7 Å². The first-order chi connectivity index (χ1) is 7.68. The molecule has 1 aliphatic carbocycles. The van der Waals surface area contributed by atoms with Gasteiger partial charge in [-0.15, -0.1) is 0 Å². The smallest absolute Gasteiger partial charge is 0.336 e. The van der Waals surface area contributed by atoms with Crippen molar-refractivity contribution in [2.24, 2.45) is 0 Å². The second-order valence-electron chi connectivity index (χ2n) is 4.92.